The van der Waals surface area contributed by atoms with Gasteiger partial charge in [0.2, 0.25) is 0 Å². The van der Waals surface area contributed by atoms with E-state index in [0.29, 0.717) is 0 Å². The second kappa shape index (κ2) is 20.5. The first-order chi connectivity index (χ1) is 40.7. The van der Waals surface area contributed by atoms with Gasteiger partial charge in [-0.15, -0.1) is 0 Å². The lowest BCUT2D eigenvalue weighted by molar-refractivity contribution is 0.588. The molecular formula is C84H79N. The van der Waals surface area contributed by atoms with E-state index < -0.39 is 10.8 Å². The Bertz CT molecular complexity index is 4150. The van der Waals surface area contributed by atoms with E-state index in [1.54, 1.807) is 0 Å². The van der Waals surface area contributed by atoms with Crippen molar-refractivity contribution in [1.82, 2.24) is 0 Å². The van der Waals surface area contributed by atoms with Crippen LogP contribution in [0.15, 0.2) is 261 Å². The quantitative estimate of drug-likeness (QED) is 0.139. The number of hydrogen-bond donors (Lipinski definition) is 0. The molecule has 0 saturated carbocycles. The minimum atomic E-state index is -0.647. The van der Waals surface area contributed by atoms with Gasteiger partial charge in [0, 0.05) is 16.9 Å². The Balaban J connectivity index is 1.13. The molecule has 0 aliphatic heterocycles. The average molecular weight is 1100 g/mol. The van der Waals surface area contributed by atoms with Crippen LogP contribution in [0.2, 0.25) is 0 Å². The van der Waals surface area contributed by atoms with Crippen molar-refractivity contribution in [1.29, 1.82) is 0 Å². The Labute approximate surface area is 506 Å². The van der Waals surface area contributed by atoms with Crippen LogP contribution in [-0.2, 0) is 32.5 Å². The molecule has 0 radical (unpaired) electrons. The molecule has 0 amide bonds. The Morgan fingerprint density at radius 3 is 1.04 bits per heavy atom. The highest BCUT2D eigenvalue weighted by atomic mass is 15.1. The van der Waals surface area contributed by atoms with Crippen molar-refractivity contribution in [2.45, 2.75) is 116 Å². The molecular weight excluding hydrogens is 1020 g/mol. The minimum absolute atomic E-state index is 0.00551. The first-order valence-electron chi connectivity index (χ1n) is 30.7. The van der Waals surface area contributed by atoms with Gasteiger partial charge in [-0.25, -0.2) is 0 Å². The lowest BCUT2D eigenvalue weighted by Crippen LogP contribution is -2.29. The van der Waals surface area contributed by atoms with Gasteiger partial charge in [0.1, 0.15) is 0 Å². The predicted molar refractivity (Wildman–Crippen MR) is 361 cm³/mol. The van der Waals surface area contributed by atoms with Crippen molar-refractivity contribution >= 4 is 17.1 Å². The second-order valence-corrected chi connectivity index (χ2v) is 28.1. The van der Waals surface area contributed by atoms with E-state index in [-0.39, 0.29) is 21.7 Å². The smallest absolute Gasteiger partial charge is 0.0714 e. The fourth-order valence-corrected chi connectivity index (χ4v) is 14.2. The van der Waals surface area contributed by atoms with Gasteiger partial charge in [-0.05, 0) is 158 Å². The second-order valence-electron chi connectivity index (χ2n) is 28.1. The molecule has 0 bridgehead atoms. The zero-order valence-corrected chi connectivity index (χ0v) is 51.8. The summed E-state index contributed by atoms with van der Waals surface area (Å²) in [4.78, 5) is 2.59. The molecule has 0 spiro atoms. The Kier molecular flexibility index (Phi) is 13.4. The van der Waals surface area contributed by atoms with Crippen molar-refractivity contribution < 1.29 is 0 Å². The fourth-order valence-electron chi connectivity index (χ4n) is 14.2. The fraction of sp³-hybridized carbons (Fsp3) is 0.214. The van der Waals surface area contributed by atoms with Gasteiger partial charge in [0.25, 0.3) is 0 Å². The van der Waals surface area contributed by atoms with Gasteiger partial charge in [-0.1, -0.05) is 314 Å². The number of benzene rings is 11. The van der Waals surface area contributed by atoms with E-state index in [1.807, 2.05) is 0 Å². The molecule has 0 aromatic heterocycles. The molecule has 420 valence electrons. The third-order valence-corrected chi connectivity index (χ3v) is 18.7. The lowest BCUT2D eigenvalue weighted by atomic mass is 9.66. The number of rotatable bonds is 9. The molecule has 0 saturated heterocycles. The van der Waals surface area contributed by atoms with Gasteiger partial charge in [-0.2, -0.15) is 0 Å². The van der Waals surface area contributed by atoms with E-state index in [2.05, 4.69) is 349 Å². The van der Waals surface area contributed by atoms with Gasteiger partial charge < -0.3 is 4.90 Å². The van der Waals surface area contributed by atoms with E-state index >= 15 is 0 Å². The molecule has 1 heteroatoms. The standard InChI is InChI=1S/C84H79N/c1-79(2,3)58-34-42-62(43-35-58)83(63-44-36-59(37-45-63)80(4,5)6)74-31-22-20-29-71(74)78-75(83)32-23-33-77(78)85(66-50-52-68(56-24-15-13-16-25-56)72(54-66)57-26-17-14-18-27-57)67-51-53-70-69-28-19-21-30-73(69)84(76(70)55-67,64-46-38-60(39-47-64)81(7,8)9)65-48-40-61(41-49-65)82(10,11)12/h13-55H,1-12H3. The van der Waals surface area contributed by atoms with Gasteiger partial charge in [-0.3, -0.25) is 0 Å². The summed E-state index contributed by atoms with van der Waals surface area (Å²) < 4.78 is 0. The van der Waals surface area contributed by atoms with Crippen LogP contribution < -0.4 is 4.90 Å². The summed E-state index contributed by atoms with van der Waals surface area (Å²) in [6.45, 7) is 27.8. The van der Waals surface area contributed by atoms with Crippen LogP contribution in [0.4, 0.5) is 17.1 Å². The number of nitrogens with zero attached hydrogens (tertiary/aromatic N) is 1. The molecule has 0 fully saturated rings. The normalized spacial score (nSPS) is 14.1. The van der Waals surface area contributed by atoms with E-state index in [1.165, 1.54) is 111 Å². The molecule has 2 aliphatic rings. The van der Waals surface area contributed by atoms with Crippen LogP contribution in [0.1, 0.15) is 150 Å². The SMILES string of the molecule is CC(C)(C)c1ccc(C2(c3ccc(C(C)(C)C)cc3)c3ccccc3-c3ccc(N(c4ccc(-c5ccccc5)c(-c5ccccc5)c4)c4cccc5c4-c4ccccc4C5(c4ccc(C(C)(C)C)cc4)c4ccc(C(C)(C)C)cc4)cc32)cc1. The predicted octanol–water partition coefficient (Wildman–Crippen LogP) is 22.4. The first kappa shape index (κ1) is 55.4. The summed E-state index contributed by atoms with van der Waals surface area (Å²) >= 11 is 0. The van der Waals surface area contributed by atoms with Crippen LogP contribution in [0, 0.1) is 0 Å². The van der Waals surface area contributed by atoms with Crippen molar-refractivity contribution in [3.05, 3.63) is 328 Å². The monoisotopic (exact) mass is 1100 g/mol. The van der Waals surface area contributed by atoms with Crippen LogP contribution in [0.5, 0.6) is 0 Å². The molecule has 2 aliphatic carbocycles. The van der Waals surface area contributed by atoms with E-state index in [4.69, 9.17) is 0 Å². The minimum Gasteiger partial charge on any atom is -0.310 e. The molecule has 85 heavy (non-hydrogen) atoms. The molecule has 13 rings (SSSR count). The van der Waals surface area contributed by atoms with Crippen molar-refractivity contribution in [3.63, 3.8) is 0 Å². The number of hydrogen-bond acceptors (Lipinski definition) is 1. The summed E-state index contributed by atoms with van der Waals surface area (Å²) in [6.07, 6.45) is 0. The van der Waals surface area contributed by atoms with Gasteiger partial charge in [0.15, 0.2) is 0 Å². The van der Waals surface area contributed by atoms with Crippen LogP contribution in [0.25, 0.3) is 44.5 Å². The summed E-state index contributed by atoms with van der Waals surface area (Å²) in [7, 11) is 0. The zero-order chi connectivity index (χ0) is 59.3. The highest BCUT2D eigenvalue weighted by molar-refractivity contribution is 6.00. The van der Waals surface area contributed by atoms with Crippen LogP contribution in [0.3, 0.4) is 0 Å². The Morgan fingerprint density at radius 2 is 0.588 bits per heavy atom. The number of fused-ring (bicyclic) bond motifs is 6. The summed E-state index contributed by atoms with van der Waals surface area (Å²) in [5.41, 5.74) is 27.1. The molecule has 11 aromatic carbocycles. The zero-order valence-electron chi connectivity index (χ0n) is 51.8. The highest BCUT2D eigenvalue weighted by Crippen LogP contribution is 2.62. The molecule has 0 heterocycles. The number of anilines is 3. The van der Waals surface area contributed by atoms with Crippen molar-refractivity contribution in [2.75, 3.05) is 4.90 Å². The van der Waals surface area contributed by atoms with Crippen molar-refractivity contribution in [3.8, 4) is 44.5 Å². The maximum atomic E-state index is 2.59. The third kappa shape index (κ3) is 9.21. The maximum absolute atomic E-state index is 2.59. The average Bonchev–Trinajstić information content (AvgIpc) is 1.93. The van der Waals surface area contributed by atoms with Gasteiger partial charge >= 0.3 is 0 Å². The molecule has 1 nitrogen and oxygen atoms in total. The Morgan fingerprint density at radius 1 is 0.247 bits per heavy atom. The van der Waals surface area contributed by atoms with Gasteiger partial charge in [0.05, 0.1) is 16.5 Å². The Hall–Kier alpha value is -8.78. The molecule has 11 aromatic rings. The summed E-state index contributed by atoms with van der Waals surface area (Å²) in [6, 6.07) is 100. The lowest BCUT2D eigenvalue weighted by Gasteiger charge is -2.36. The maximum Gasteiger partial charge on any atom is 0.0714 e. The summed E-state index contributed by atoms with van der Waals surface area (Å²) in [5.74, 6) is 0. The largest absolute Gasteiger partial charge is 0.310 e. The topological polar surface area (TPSA) is 3.24 Å². The molecule has 0 atom stereocenters. The highest BCUT2D eigenvalue weighted by Gasteiger charge is 2.49. The molecule has 0 unspecified atom stereocenters. The van der Waals surface area contributed by atoms with Crippen molar-refractivity contribution in [2.24, 2.45) is 0 Å². The van der Waals surface area contributed by atoms with Crippen LogP contribution in [-0.4, -0.2) is 0 Å². The van der Waals surface area contributed by atoms with E-state index in [9.17, 15) is 0 Å². The first-order valence-corrected chi connectivity index (χ1v) is 30.7. The van der Waals surface area contributed by atoms with Crippen LogP contribution >= 0.6 is 0 Å². The molecule has 0 N–H and O–H groups in total. The summed E-state index contributed by atoms with van der Waals surface area (Å²) in [5, 5.41) is 0. The third-order valence-electron chi connectivity index (χ3n) is 18.7. The van der Waals surface area contributed by atoms with E-state index in [0.717, 1.165) is 17.1 Å².